The van der Waals surface area contributed by atoms with Crippen LogP contribution < -0.4 is 5.73 Å². The molecule has 2 heteroatoms. The van der Waals surface area contributed by atoms with Crippen molar-refractivity contribution in [1.82, 2.24) is 4.90 Å². The number of rotatable bonds is 2. The standard InChI is InChI=1S/C14H28N2/c1-14(2)11-16(9-8-12(14)10-15)13-6-4-3-5-7-13/h12-13H,3-11,15H2,1-2H3. The van der Waals surface area contributed by atoms with Gasteiger partial charge in [-0.25, -0.2) is 0 Å². The van der Waals surface area contributed by atoms with Gasteiger partial charge in [0, 0.05) is 12.6 Å². The van der Waals surface area contributed by atoms with Gasteiger partial charge in [-0.1, -0.05) is 33.1 Å². The van der Waals surface area contributed by atoms with Gasteiger partial charge >= 0.3 is 0 Å². The summed E-state index contributed by atoms with van der Waals surface area (Å²) in [5.41, 5.74) is 6.31. The molecule has 2 fully saturated rings. The lowest BCUT2D eigenvalue weighted by atomic mass is 9.73. The Morgan fingerprint density at radius 3 is 2.38 bits per heavy atom. The van der Waals surface area contributed by atoms with E-state index in [-0.39, 0.29) is 0 Å². The van der Waals surface area contributed by atoms with E-state index in [1.807, 2.05) is 0 Å². The minimum Gasteiger partial charge on any atom is -0.330 e. The Balaban J connectivity index is 1.93. The molecule has 1 aliphatic heterocycles. The van der Waals surface area contributed by atoms with E-state index in [0.29, 0.717) is 5.41 Å². The molecular formula is C14H28N2. The van der Waals surface area contributed by atoms with Crippen molar-refractivity contribution in [1.29, 1.82) is 0 Å². The first-order valence-electron chi connectivity index (χ1n) is 7.07. The molecule has 1 heterocycles. The van der Waals surface area contributed by atoms with Gasteiger partial charge in [0.1, 0.15) is 0 Å². The predicted molar refractivity (Wildman–Crippen MR) is 69.4 cm³/mol. The van der Waals surface area contributed by atoms with E-state index < -0.39 is 0 Å². The molecule has 16 heavy (non-hydrogen) atoms. The predicted octanol–water partition coefficient (Wildman–Crippen LogP) is 2.63. The monoisotopic (exact) mass is 224 g/mol. The van der Waals surface area contributed by atoms with Crippen LogP contribution in [-0.2, 0) is 0 Å². The Morgan fingerprint density at radius 1 is 1.12 bits per heavy atom. The third-order valence-corrected chi connectivity index (χ3v) is 4.86. The van der Waals surface area contributed by atoms with E-state index in [4.69, 9.17) is 5.73 Å². The van der Waals surface area contributed by atoms with Crippen molar-refractivity contribution in [2.45, 2.75) is 58.4 Å². The molecule has 0 bridgehead atoms. The van der Waals surface area contributed by atoms with E-state index in [1.165, 1.54) is 51.6 Å². The number of hydrogen-bond acceptors (Lipinski definition) is 2. The van der Waals surface area contributed by atoms with Crippen LogP contribution in [0.2, 0.25) is 0 Å². The maximum atomic E-state index is 5.88. The van der Waals surface area contributed by atoms with Gasteiger partial charge in [0.25, 0.3) is 0 Å². The number of hydrogen-bond donors (Lipinski definition) is 1. The molecule has 2 N–H and O–H groups in total. The van der Waals surface area contributed by atoms with Gasteiger partial charge in [-0.05, 0) is 43.7 Å². The molecule has 1 aliphatic carbocycles. The fourth-order valence-corrected chi connectivity index (χ4v) is 3.64. The highest BCUT2D eigenvalue weighted by atomic mass is 15.2. The molecule has 0 radical (unpaired) electrons. The zero-order valence-corrected chi connectivity index (χ0v) is 11.0. The van der Waals surface area contributed by atoms with Gasteiger partial charge in [-0.15, -0.1) is 0 Å². The summed E-state index contributed by atoms with van der Waals surface area (Å²) in [6, 6.07) is 0.881. The Bertz CT molecular complexity index is 219. The molecule has 1 unspecified atom stereocenters. The molecule has 1 atom stereocenters. The molecule has 0 spiro atoms. The zero-order valence-electron chi connectivity index (χ0n) is 11.0. The molecule has 2 aliphatic rings. The van der Waals surface area contributed by atoms with Crippen molar-refractivity contribution < 1.29 is 0 Å². The topological polar surface area (TPSA) is 29.3 Å². The molecule has 94 valence electrons. The summed E-state index contributed by atoms with van der Waals surface area (Å²) >= 11 is 0. The lowest BCUT2D eigenvalue weighted by Crippen LogP contribution is -2.51. The summed E-state index contributed by atoms with van der Waals surface area (Å²) in [4.78, 5) is 2.76. The second-order valence-corrected chi connectivity index (χ2v) is 6.47. The Morgan fingerprint density at radius 2 is 1.81 bits per heavy atom. The fourth-order valence-electron chi connectivity index (χ4n) is 3.64. The van der Waals surface area contributed by atoms with Gasteiger partial charge in [0.05, 0.1) is 0 Å². The van der Waals surface area contributed by atoms with Crippen LogP contribution in [-0.4, -0.2) is 30.6 Å². The average molecular weight is 224 g/mol. The smallest absolute Gasteiger partial charge is 0.00954 e. The van der Waals surface area contributed by atoms with Crippen LogP contribution in [0.4, 0.5) is 0 Å². The number of piperidine rings is 1. The third-order valence-electron chi connectivity index (χ3n) is 4.86. The molecule has 0 aromatic rings. The summed E-state index contributed by atoms with van der Waals surface area (Å²) < 4.78 is 0. The summed E-state index contributed by atoms with van der Waals surface area (Å²) in [7, 11) is 0. The minimum atomic E-state index is 0.421. The normalized spacial score (nSPS) is 32.8. The van der Waals surface area contributed by atoms with Crippen LogP contribution in [0.15, 0.2) is 0 Å². The fraction of sp³-hybridized carbons (Fsp3) is 1.00. The van der Waals surface area contributed by atoms with Crippen LogP contribution in [0, 0.1) is 11.3 Å². The first kappa shape index (κ1) is 12.4. The first-order chi connectivity index (χ1) is 7.63. The Kier molecular flexibility index (Phi) is 3.91. The molecule has 1 saturated carbocycles. The summed E-state index contributed by atoms with van der Waals surface area (Å²) in [6.07, 6.45) is 8.52. The van der Waals surface area contributed by atoms with Crippen molar-refractivity contribution in [3.05, 3.63) is 0 Å². The van der Waals surface area contributed by atoms with Gasteiger partial charge in [0.15, 0.2) is 0 Å². The second kappa shape index (κ2) is 5.05. The number of nitrogens with zero attached hydrogens (tertiary/aromatic N) is 1. The van der Waals surface area contributed by atoms with Crippen LogP contribution in [0.3, 0.4) is 0 Å². The average Bonchev–Trinajstić information content (AvgIpc) is 2.29. The van der Waals surface area contributed by atoms with Gasteiger partial charge in [-0.2, -0.15) is 0 Å². The Labute approximate surface area is 101 Å². The second-order valence-electron chi connectivity index (χ2n) is 6.47. The molecule has 2 nitrogen and oxygen atoms in total. The van der Waals surface area contributed by atoms with Crippen molar-refractivity contribution >= 4 is 0 Å². The van der Waals surface area contributed by atoms with Crippen LogP contribution in [0.1, 0.15) is 52.4 Å². The maximum Gasteiger partial charge on any atom is 0.00954 e. The van der Waals surface area contributed by atoms with Crippen molar-refractivity contribution in [3.63, 3.8) is 0 Å². The first-order valence-corrected chi connectivity index (χ1v) is 7.07. The van der Waals surface area contributed by atoms with E-state index in [1.54, 1.807) is 0 Å². The molecule has 0 amide bonds. The zero-order chi connectivity index (χ0) is 11.6. The molecule has 1 saturated heterocycles. The third kappa shape index (κ3) is 2.60. The van der Waals surface area contributed by atoms with Gasteiger partial charge < -0.3 is 5.73 Å². The van der Waals surface area contributed by atoms with Crippen molar-refractivity contribution in [3.8, 4) is 0 Å². The lowest BCUT2D eigenvalue weighted by Gasteiger charge is -2.47. The SMILES string of the molecule is CC1(C)CN(C2CCCCC2)CCC1CN. The highest BCUT2D eigenvalue weighted by Gasteiger charge is 2.37. The van der Waals surface area contributed by atoms with Crippen molar-refractivity contribution in [2.24, 2.45) is 17.1 Å². The van der Waals surface area contributed by atoms with E-state index >= 15 is 0 Å². The minimum absolute atomic E-state index is 0.421. The lowest BCUT2D eigenvalue weighted by molar-refractivity contribution is 0.0207. The Hall–Kier alpha value is -0.0800. The number of likely N-dealkylation sites (tertiary alicyclic amines) is 1. The summed E-state index contributed by atoms with van der Waals surface area (Å²) in [6.45, 7) is 8.22. The van der Waals surface area contributed by atoms with Crippen LogP contribution >= 0.6 is 0 Å². The van der Waals surface area contributed by atoms with E-state index in [2.05, 4.69) is 18.7 Å². The van der Waals surface area contributed by atoms with E-state index in [9.17, 15) is 0 Å². The molecular weight excluding hydrogens is 196 g/mol. The number of nitrogens with two attached hydrogens (primary N) is 1. The van der Waals surface area contributed by atoms with Crippen molar-refractivity contribution in [2.75, 3.05) is 19.6 Å². The quantitative estimate of drug-likeness (QED) is 0.781. The summed E-state index contributed by atoms with van der Waals surface area (Å²) in [5.74, 6) is 0.729. The van der Waals surface area contributed by atoms with Crippen LogP contribution in [0.25, 0.3) is 0 Å². The van der Waals surface area contributed by atoms with Gasteiger partial charge in [0.2, 0.25) is 0 Å². The molecule has 0 aromatic carbocycles. The molecule has 0 aromatic heterocycles. The highest BCUT2D eigenvalue weighted by molar-refractivity contribution is 4.90. The molecule has 2 rings (SSSR count). The largest absolute Gasteiger partial charge is 0.330 e. The van der Waals surface area contributed by atoms with Gasteiger partial charge in [-0.3, -0.25) is 4.90 Å². The maximum absolute atomic E-state index is 5.88. The van der Waals surface area contributed by atoms with E-state index in [0.717, 1.165) is 18.5 Å². The van der Waals surface area contributed by atoms with Crippen LogP contribution in [0.5, 0.6) is 0 Å². The summed E-state index contributed by atoms with van der Waals surface area (Å²) in [5, 5.41) is 0. The highest BCUT2D eigenvalue weighted by Crippen LogP contribution is 2.36.